The van der Waals surface area contributed by atoms with Crippen molar-refractivity contribution in [1.82, 2.24) is 19.9 Å². The fourth-order valence-corrected chi connectivity index (χ4v) is 3.94. The molecule has 0 aliphatic rings. The molecule has 0 bridgehead atoms. The molecule has 5 nitrogen and oxygen atoms in total. The number of hydrogen-bond donors (Lipinski definition) is 1. The first-order valence-electron chi connectivity index (χ1n) is 8.83. The molecule has 0 spiro atoms. The van der Waals surface area contributed by atoms with Gasteiger partial charge in [-0.2, -0.15) is 0 Å². The first-order chi connectivity index (χ1) is 13.2. The van der Waals surface area contributed by atoms with Crippen molar-refractivity contribution in [2.24, 2.45) is 0 Å². The molecule has 0 fully saturated rings. The van der Waals surface area contributed by atoms with E-state index in [1.807, 2.05) is 44.6 Å². The Morgan fingerprint density at radius 3 is 2.56 bits per heavy atom. The second-order valence-electron chi connectivity index (χ2n) is 6.60. The van der Waals surface area contributed by atoms with Gasteiger partial charge in [-0.15, -0.1) is 11.3 Å². The fraction of sp³-hybridized carbons (Fsp3) is 0.190. The van der Waals surface area contributed by atoms with E-state index in [1.54, 1.807) is 11.3 Å². The van der Waals surface area contributed by atoms with Crippen LogP contribution >= 0.6 is 11.3 Å². The lowest BCUT2D eigenvalue weighted by Crippen LogP contribution is -2.14. The second-order valence-corrected chi connectivity index (χ2v) is 7.45. The normalized spacial score (nSPS) is 11.2. The van der Waals surface area contributed by atoms with Gasteiger partial charge >= 0.3 is 0 Å². The minimum Gasteiger partial charge on any atom is -0.364 e. The largest absolute Gasteiger partial charge is 0.364 e. The van der Waals surface area contributed by atoms with Crippen LogP contribution in [-0.4, -0.2) is 33.9 Å². The number of thiophene rings is 1. The molecule has 3 aromatic heterocycles. The van der Waals surface area contributed by atoms with Crippen LogP contribution in [0.1, 0.15) is 11.5 Å². The highest BCUT2D eigenvalue weighted by Crippen LogP contribution is 2.37. The van der Waals surface area contributed by atoms with E-state index in [-0.39, 0.29) is 0 Å². The van der Waals surface area contributed by atoms with Crippen LogP contribution in [0, 0.1) is 0 Å². The van der Waals surface area contributed by atoms with Crippen LogP contribution in [0.25, 0.3) is 21.3 Å². The van der Waals surface area contributed by atoms with E-state index in [0.717, 1.165) is 33.1 Å². The minimum absolute atomic E-state index is 0.623. The van der Waals surface area contributed by atoms with E-state index in [9.17, 15) is 0 Å². The van der Waals surface area contributed by atoms with E-state index in [1.165, 1.54) is 5.56 Å². The van der Waals surface area contributed by atoms with E-state index < -0.39 is 0 Å². The lowest BCUT2D eigenvalue weighted by molar-refractivity contribution is 0.391. The Balaban J connectivity index is 1.78. The van der Waals surface area contributed by atoms with Crippen molar-refractivity contribution in [3.8, 4) is 11.1 Å². The Labute approximate surface area is 162 Å². The molecule has 0 saturated carbocycles. The molecule has 0 amide bonds. The van der Waals surface area contributed by atoms with Crippen molar-refractivity contribution >= 4 is 27.4 Å². The number of benzene rings is 1. The molecule has 0 saturated heterocycles. The van der Waals surface area contributed by atoms with Crippen molar-refractivity contribution < 1.29 is 0 Å². The SMILES string of the molecule is CN(C)Cc1nc(NCc2ccccn2)c2c(-c3ccccc3)csc2n1. The molecule has 0 atom stereocenters. The number of rotatable bonds is 6. The van der Waals surface area contributed by atoms with Crippen molar-refractivity contribution in [2.75, 3.05) is 19.4 Å². The molecule has 1 aromatic carbocycles. The Morgan fingerprint density at radius 1 is 1.00 bits per heavy atom. The highest BCUT2D eigenvalue weighted by molar-refractivity contribution is 7.17. The summed E-state index contributed by atoms with van der Waals surface area (Å²) in [5.41, 5.74) is 3.32. The maximum atomic E-state index is 4.83. The molecule has 4 rings (SSSR count). The fourth-order valence-electron chi connectivity index (χ4n) is 2.97. The molecule has 4 aromatic rings. The second kappa shape index (κ2) is 7.82. The molecule has 27 heavy (non-hydrogen) atoms. The predicted molar refractivity (Wildman–Crippen MR) is 112 cm³/mol. The zero-order valence-corrected chi connectivity index (χ0v) is 16.2. The van der Waals surface area contributed by atoms with E-state index in [4.69, 9.17) is 9.97 Å². The number of nitrogens with zero attached hydrogens (tertiary/aromatic N) is 4. The van der Waals surface area contributed by atoms with Gasteiger partial charge in [-0.25, -0.2) is 9.97 Å². The van der Waals surface area contributed by atoms with Gasteiger partial charge in [0.2, 0.25) is 0 Å². The van der Waals surface area contributed by atoms with Gasteiger partial charge < -0.3 is 10.2 Å². The summed E-state index contributed by atoms with van der Waals surface area (Å²) in [4.78, 5) is 17.1. The summed E-state index contributed by atoms with van der Waals surface area (Å²) >= 11 is 1.66. The number of pyridine rings is 1. The van der Waals surface area contributed by atoms with Crippen LogP contribution < -0.4 is 5.32 Å². The predicted octanol–water partition coefficient (Wildman–Crippen LogP) is 4.43. The summed E-state index contributed by atoms with van der Waals surface area (Å²) in [5, 5.41) is 6.73. The number of aromatic nitrogens is 3. The van der Waals surface area contributed by atoms with Crippen molar-refractivity contribution in [3.05, 3.63) is 71.6 Å². The highest BCUT2D eigenvalue weighted by Gasteiger charge is 2.15. The molecule has 0 aliphatic heterocycles. The Bertz CT molecular complexity index is 1030. The molecule has 136 valence electrons. The summed E-state index contributed by atoms with van der Waals surface area (Å²) in [5.74, 6) is 1.68. The number of nitrogens with one attached hydrogen (secondary N) is 1. The monoisotopic (exact) mass is 375 g/mol. The van der Waals surface area contributed by atoms with Crippen LogP contribution in [0.3, 0.4) is 0 Å². The lowest BCUT2D eigenvalue weighted by atomic mass is 10.1. The topological polar surface area (TPSA) is 53.9 Å². The molecule has 0 aliphatic carbocycles. The minimum atomic E-state index is 0.623. The number of fused-ring (bicyclic) bond motifs is 1. The Kier molecular flexibility index (Phi) is 5.09. The van der Waals surface area contributed by atoms with Crippen LogP contribution in [0.2, 0.25) is 0 Å². The molecular formula is C21H21N5S. The third kappa shape index (κ3) is 3.97. The van der Waals surface area contributed by atoms with Gasteiger partial charge in [0.25, 0.3) is 0 Å². The molecule has 0 unspecified atom stereocenters. The zero-order valence-electron chi connectivity index (χ0n) is 15.4. The van der Waals surface area contributed by atoms with Crippen molar-refractivity contribution in [1.29, 1.82) is 0 Å². The van der Waals surface area contributed by atoms with Crippen molar-refractivity contribution in [3.63, 3.8) is 0 Å². The summed E-state index contributed by atoms with van der Waals surface area (Å²) in [6, 6.07) is 16.3. The molecule has 0 radical (unpaired) electrons. The van der Waals surface area contributed by atoms with Gasteiger partial charge in [0.15, 0.2) is 0 Å². The standard InChI is InChI=1S/C21H21N5S/c1-26(2)13-18-24-20(23-12-16-10-6-7-11-22-16)19-17(14-27-21(19)25-18)15-8-4-3-5-9-15/h3-11,14H,12-13H2,1-2H3,(H,23,24,25). The van der Waals surface area contributed by atoms with Crippen LogP contribution in [0.5, 0.6) is 0 Å². The van der Waals surface area contributed by atoms with Gasteiger partial charge in [0.1, 0.15) is 16.5 Å². The molecule has 3 heterocycles. The van der Waals surface area contributed by atoms with Crippen LogP contribution in [0.4, 0.5) is 5.82 Å². The average molecular weight is 376 g/mol. The lowest BCUT2D eigenvalue weighted by Gasteiger charge is -2.13. The average Bonchev–Trinajstić information content (AvgIpc) is 3.11. The maximum Gasteiger partial charge on any atom is 0.146 e. The van der Waals surface area contributed by atoms with Gasteiger partial charge in [0.05, 0.1) is 24.2 Å². The summed E-state index contributed by atoms with van der Waals surface area (Å²) in [6.07, 6.45) is 1.81. The molecule has 6 heteroatoms. The number of anilines is 1. The van der Waals surface area contributed by atoms with E-state index in [2.05, 4.69) is 44.8 Å². The Morgan fingerprint density at radius 2 is 1.81 bits per heavy atom. The molecule has 1 N–H and O–H groups in total. The summed E-state index contributed by atoms with van der Waals surface area (Å²) < 4.78 is 0. The first-order valence-corrected chi connectivity index (χ1v) is 9.71. The third-order valence-corrected chi connectivity index (χ3v) is 5.06. The van der Waals surface area contributed by atoms with Gasteiger partial charge in [-0.1, -0.05) is 36.4 Å². The zero-order chi connectivity index (χ0) is 18.6. The Hall–Kier alpha value is -2.83. The quantitative estimate of drug-likeness (QED) is 0.540. The maximum absolute atomic E-state index is 4.83. The van der Waals surface area contributed by atoms with E-state index in [0.29, 0.717) is 13.1 Å². The van der Waals surface area contributed by atoms with Gasteiger partial charge in [-0.05, 0) is 31.8 Å². The highest BCUT2D eigenvalue weighted by atomic mass is 32.1. The van der Waals surface area contributed by atoms with Gasteiger partial charge in [-0.3, -0.25) is 4.98 Å². The van der Waals surface area contributed by atoms with Crippen LogP contribution in [0.15, 0.2) is 60.1 Å². The van der Waals surface area contributed by atoms with Crippen LogP contribution in [-0.2, 0) is 13.1 Å². The number of hydrogen-bond acceptors (Lipinski definition) is 6. The van der Waals surface area contributed by atoms with Gasteiger partial charge in [0, 0.05) is 17.1 Å². The summed E-state index contributed by atoms with van der Waals surface area (Å²) in [6.45, 7) is 1.32. The first kappa shape index (κ1) is 17.6. The smallest absolute Gasteiger partial charge is 0.146 e. The van der Waals surface area contributed by atoms with E-state index >= 15 is 0 Å². The van der Waals surface area contributed by atoms with Crippen molar-refractivity contribution in [2.45, 2.75) is 13.1 Å². The third-order valence-electron chi connectivity index (χ3n) is 4.19. The molecular weight excluding hydrogens is 354 g/mol. The summed E-state index contributed by atoms with van der Waals surface area (Å²) in [7, 11) is 4.05.